The third-order valence-corrected chi connectivity index (χ3v) is 5.68. The quantitative estimate of drug-likeness (QED) is 0.251. The van der Waals surface area contributed by atoms with Gasteiger partial charge in [-0.05, 0) is 48.5 Å². The monoisotopic (exact) mass is 502 g/mol. The molecule has 0 spiro atoms. The van der Waals surface area contributed by atoms with Gasteiger partial charge in [0.1, 0.15) is 22.8 Å². The molecule has 0 aliphatic rings. The van der Waals surface area contributed by atoms with Crippen molar-refractivity contribution in [3.63, 3.8) is 0 Å². The first-order valence-electron chi connectivity index (χ1n) is 11.3. The number of aromatic nitrogens is 4. The Hall–Kier alpha value is -5.64. The molecule has 6 aromatic rings. The Morgan fingerprint density at radius 3 is 1.37 bits per heavy atom. The minimum atomic E-state index is -0.937. The van der Waals surface area contributed by atoms with Gasteiger partial charge >= 0.3 is 11.3 Å². The lowest BCUT2D eigenvalue weighted by atomic mass is 10.1. The van der Waals surface area contributed by atoms with Crippen molar-refractivity contribution in [3.05, 3.63) is 117 Å². The zero-order chi connectivity index (χ0) is 26.2. The van der Waals surface area contributed by atoms with Crippen LogP contribution in [0.4, 0.5) is 0 Å². The number of rotatable bonds is 5. The molecule has 0 atom stereocenters. The Balaban J connectivity index is 1.33. The van der Waals surface area contributed by atoms with E-state index < -0.39 is 22.8 Å². The SMILES string of the molecule is O=C(C(=O)c1cccc(-c2nc3ccccc3c(=O)o2)n1)c1cccc(-c2nc3ccccc3c(=O)o2)n1. The number of Topliss-reactive ketones (excluding diaryl/α,β-unsaturated/α-hetero) is 2. The highest BCUT2D eigenvalue weighted by Gasteiger charge is 2.23. The molecule has 0 aliphatic heterocycles. The van der Waals surface area contributed by atoms with Gasteiger partial charge < -0.3 is 8.83 Å². The molecule has 0 N–H and O–H groups in total. The summed E-state index contributed by atoms with van der Waals surface area (Å²) in [5.74, 6) is -2.05. The minimum absolute atomic E-state index is 0.0895. The number of pyridine rings is 2. The summed E-state index contributed by atoms with van der Waals surface area (Å²) in [5.41, 5.74) is -0.553. The summed E-state index contributed by atoms with van der Waals surface area (Å²) in [6.45, 7) is 0. The van der Waals surface area contributed by atoms with E-state index in [2.05, 4.69) is 19.9 Å². The molecular weight excluding hydrogens is 488 g/mol. The summed E-state index contributed by atoms with van der Waals surface area (Å²) < 4.78 is 10.6. The van der Waals surface area contributed by atoms with Gasteiger partial charge in [0, 0.05) is 0 Å². The Morgan fingerprint density at radius 2 is 0.921 bits per heavy atom. The molecule has 0 bridgehead atoms. The third-order valence-electron chi connectivity index (χ3n) is 5.68. The maximum absolute atomic E-state index is 13.0. The second kappa shape index (κ2) is 9.10. The first-order valence-corrected chi connectivity index (χ1v) is 11.3. The molecule has 0 radical (unpaired) electrons. The maximum atomic E-state index is 13.0. The highest BCUT2D eigenvalue weighted by molar-refractivity contribution is 6.48. The van der Waals surface area contributed by atoms with Crippen molar-refractivity contribution in [2.45, 2.75) is 0 Å². The maximum Gasteiger partial charge on any atom is 0.347 e. The van der Waals surface area contributed by atoms with Crippen LogP contribution in [0.2, 0.25) is 0 Å². The Morgan fingerprint density at radius 1 is 0.500 bits per heavy atom. The van der Waals surface area contributed by atoms with Crippen LogP contribution in [0.25, 0.3) is 45.0 Å². The number of ketones is 2. The van der Waals surface area contributed by atoms with E-state index in [9.17, 15) is 19.2 Å². The van der Waals surface area contributed by atoms with Crippen LogP contribution >= 0.6 is 0 Å². The molecular formula is C28H14N4O6. The van der Waals surface area contributed by atoms with Crippen molar-refractivity contribution in [2.75, 3.05) is 0 Å². The Labute approximate surface area is 212 Å². The molecule has 4 heterocycles. The molecule has 0 unspecified atom stereocenters. The predicted molar refractivity (Wildman–Crippen MR) is 136 cm³/mol. The van der Waals surface area contributed by atoms with E-state index in [0.717, 1.165) is 0 Å². The normalized spacial score (nSPS) is 11.1. The van der Waals surface area contributed by atoms with E-state index >= 15 is 0 Å². The summed E-state index contributed by atoms with van der Waals surface area (Å²) in [7, 11) is 0. The lowest BCUT2D eigenvalue weighted by Crippen LogP contribution is -2.18. The lowest BCUT2D eigenvalue weighted by molar-refractivity contribution is 0.0811. The summed E-state index contributed by atoms with van der Waals surface area (Å²) in [4.78, 5) is 67.7. The average Bonchev–Trinajstić information content (AvgIpc) is 2.96. The van der Waals surface area contributed by atoms with Crippen LogP contribution in [-0.4, -0.2) is 31.5 Å². The molecule has 38 heavy (non-hydrogen) atoms. The van der Waals surface area contributed by atoms with Crippen LogP contribution < -0.4 is 11.3 Å². The van der Waals surface area contributed by atoms with Gasteiger partial charge in [-0.3, -0.25) is 9.59 Å². The first-order chi connectivity index (χ1) is 18.5. The van der Waals surface area contributed by atoms with Crippen LogP contribution in [0.1, 0.15) is 21.0 Å². The highest BCUT2D eigenvalue weighted by Crippen LogP contribution is 2.19. The van der Waals surface area contributed by atoms with Crippen molar-refractivity contribution in [1.29, 1.82) is 0 Å². The highest BCUT2D eigenvalue weighted by atomic mass is 16.4. The molecule has 4 aromatic heterocycles. The van der Waals surface area contributed by atoms with E-state index in [4.69, 9.17) is 8.83 Å². The first kappa shape index (κ1) is 22.8. The molecule has 10 nitrogen and oxygen atoms in total. The number of carbonyl (C=O) groups excluding carboxylic acids is 2. The van der Waals surface area contributed by atoms with E-state index in [-0.39, 0.29) is 34.6 Å². The van der Waals surface area contributed by atoms with Crippen LogP contribution in [0.5, 0.6) is 0 Å². The molecule has 182 valence electrons. The van der Waals surface area contributed by atoms with E-state index in [1.54, 1.807) is 48.5 Å². The number of hydrogen-bond acceptors (Lipinski definition) is 10. The fourth-order valence-corrected chi connectivity index (χ4v) is 3.85. The van der Waals surface area contributed by atoms with Gasteiger partial charge in [0.25, 0.3) is 11.6 Å². The van der Waals surface area contributed by atoms with Crippen LogP contribution in [0, 0.1) is 0 Å². The average molecular weight is 502 g/mol. The van der Waals surface area contributed by atoms with Crippen molar-refractivity contribution >= 4 is 33.4 Å². The van der Waals surface area contributed by atoms with Gasteiger partial charge in [0.2, 0.25) is 11.8 Å². The molecule has 0 fully saturated rings. The fourth-order valence-electron chi connectivity index (χ4n) is 3.85. The van der Waals surface area contributed by atoms with Crippen LogP contribution in [0.15, 0.2) is 103 Å². The summed E-state index contributed by atoms with van der Waals surface area (Å²) in [6, 6.07) is 22.0. The number of para-hydroxylation sites is 2. The summed E-state index contributed by atoms with van der Waals surface area (Å²) >= 11 is 0. The lowest BCUT2D eigenvalue weighted by Gasteiger charge is -2.05. The Kier molecular flexibility index (Phi) is 5.46. The number of carbonyl (C=O) groups is 2. The molecule has 10 heteroatoms. The molecule has 2 aromatic carbocycles. The van der Waals surface area contributed by atoms with Gasteiger partial charge in [-0.2, -0.15) is 0 Å². The van der Waals surface area contributed by atoms with Gasteiger partial charge in [0.15, 0.2) is 0 Å². The summed E-state index contributed by atoms with van der Waals surface area (Å²) in [6.07, 6.45) is 0. The fraction of sp³-hybridized carbons (Fsp3) is 0. The molecule has 0 amide bonds. The van der Waals surface area contributed by atoms with E-state index in [1.807, 2.05) is 0 Å². The van der Waals surface area contributed by atoms with Crippen LogP contribution in [0.3, 0.4) is 0 Å². The zero-order valence-electron chi connectivity index (χ0n) is 19.3. The van der Waals surface area contributed by atoms with E-state index in [1.165, 1.54) is 36.4 Å². The molecule has 0 saturated heterocycles. The number of nitrogens with zero attached hydrogens (tertiary/aromatic N) is 4. The van der Waals surface area contributed by atoms with Crippen molar-refractivity contribution in [1.82, 2.24) is 19.9 Å². The van der Waals surface area contributed by atoms with Gasteiger partial charge in [-0.25, -0.2) is 29.5 Å². The van der Waals surface area contributed by atoms with Crippen molar-refractivity contribution in [3.8, 4) is 23.2 Å². The standard InChI is InChI=1S/C28H14N4O6/c33-23(19-11-5-13-21(29-19)25-31-17-9-3-1-7-15(17)27(35)37-25)24(34)20-12-6-14-22(30-20)26-32-18-10-4-2-8-16(18)28(36)38-26/h1-14H. The smallest absolute Gasteiger partial charge is 0.347 e. The Bertz CT molecular complexity index is 1880. The topological polar surface area (TPSA) is 146 Å². The van der Waals surface area contributed by atoms with Gasteiger partial charge in [-0.1, -0.05) is 36.4 Å². The summed E-state index contributed by atoms with van der Waals surface area (Å²) in [5, 5.41) is 0.614. The van der Waals surface area contributed by atoms with Crippen molar-refractivity contribution in [2.24, 2.45) is 0 Å². The van der Waals surface area contributed by atoms with Crippen molar-refractivity contribution < 1.29 is 18.4 Å². The van der Waals surface area contributed by atoms with Crippen LogP contribution in [-0.2, 0) is 0 Å². The van der Waals surface area contributed by atoms with Gasteiger partial charge in [-0.15, -0.1) is 0 Å². The molecule has 0 aliphatic carbocycles. The number of fused-ring (bicyclic) bond motifs is 2. The molecule has 6 rings (SSSR count). The second-order valence-electron chi connectivity index (χ2n) is 8.12. The number of hydrogen-bond donors (Lipinski definition) is 0. The zero-order valence-corrected chi connectivity index (χ0v) is 19.3. The minimum Gasteiger partial charge on any atom is -0.401 e. The van der Waals surface area contributed by atoms with Gasteiger partial charge in [0.05, 0.1) is 21.8 Å². The third kappa shape index (κ3) is 4.05. The second-order valence-corrected chi connectivity index (χ2v) is 8.12. The number of benzene rings is 2. The molecule has 0 saturated carbocycles. The largest absolute Gasteiger partial charge is 0.401 e. The predicted octanol–water partition coefficient (Wildman–Crippen LogP) is 3.88. The van der Waals surface area contributed by atoms with E-state index in [0.29, 0.717) is 21.8 Å².